The van der Waals surface area contributed by atoms with Crippen LogP contribution in [0.5, 0.6) is 17.2 Å². The minimum atomic E-state index is -0.387. The number of methoxy groups -OCH3 is 3. The van der Waals surface area contributed by atoms with E-state index in [9.17, 15) is 9.59 Å². The third-order valence-electron chi connectivity index (χ3n) is 4.06. The second-order valence-corrected chi connectivity index (χ2v) is 6.29. The Morgan fingerprint density at radius 3 is 2.24 bits per heavy atom. The summed E-state index contributed by atoms with van der Waals surface area (Å²) in [7, 11) is 4.46. The first kappa shape index (κ1) is 17.3. The zero-order valence-electron chi connectivity index (χ0n) is 14.0. The van der Waals surface area contributed by atoms with Crippen molar-refractivity contribution in [3.8, 4) is 17.2 Å². The lowest BCUT2D eigenvalue weighted by Gasteiger charge is -2.15. The van der Waals surface area contributed by atoms with Gasteiger partial charge in [-0.05, 0) is 30.3 Å². The van der Waals surface area contributed by atoms with Crippen LogP contribution in [0, 0.1) is 0 Å². The van der Waals surface area contributed by atoms with E-state index in [1.54, 1.807) is 30.3 Å². The summed E-state index contributed by atoms with van der Waals surface area (Å²) in [5.74, 6) is 0.422. The molecule has 0 unspecified atom stereocenters. The van der Waals surface area contributed by atoms with Gasteiger partial charge >= 0.3 is 0 Å². The van der Waals surface area contributed by atoms with Gasteiger partial charge in [-0.2, -0.15) is 0 Å². The van der Waals surface area contributed by atoms with E-state index in [1.165, 1.54) is 26.2 Å². The van der Waals surface area contributed by atoms with E-state index in [0.717, 1.165) is 4.47 Å². The number of benzene rings is 2. The summed E-state index contributed by atoms with van der Waals surface area (Å²) < 4.78 is 16.9. The molecule has 0 N–H and O–H groups in total. The monoisotopic (exact) mass is 405 g/mol. The van der Waals surface area contributed by atoms with Crippen LogP contribution < -0.4 is 14.2 Å². The standard InChI is InChI=1S/C18H16BrNO5/c1-23-14-8-12-13(15(24-2)16(14)25-3)9-20(18(12)22)17(21)10-4-6-11(19)7-5-10/h4-8H,9H2,1-3H3. The highest BCUT2D eigenvalue weighted by molar-refractivity contribution is 9.10. The molecule has 3 rings (SSSR count). The van der Waals surface area contributed by atoms with Crippen molar-refractivity contribution in [1.29, 1.82) is 0 Å². The van der Waals surface area contributed by atoms with E-state index in [2.05, 4.69) is 15.9 Å². The summed E-state index contributed by atoms with van der Waals surface area (Å²) in [5.41, 5.74) is 1.41. The Morgan fingerprint density at radius 2 is 1.68 bits per heavy atom. The van der Waals surface area contributed by atoms with Crippen LogP contribution in [0.3, 0.4) is 0 Å². The molecule has 0 spiro atoms. The average Bonchev–Trinajstić information content (AvgIpc) is 2.96. The molecule has 25 heavy (non-hydrogen) atoms. The molecule has 0 fully saturated rings. The van der Waals surface area contributed by atoms with Crippen molar-refractivity contribution >= 4 is 27.7 Å². The Hall–Kier alpha value is -2.54. The van der Waals surface area contributed by atoms with Crippen LogP contribution in [0.1, 0.15) is 26.3 Å². The van der Waals surface area contributed by atoms with Gasteiger partial charge in [0.2, 0.25) is 5.75 Å². The highest BCUT2D eigenvalue weighted by atomic mass is 79.9. The number of hydrogen-bond donors (Lipinski definition) is 0. The lowest BCUT2D eigenvalue weighted by atomic mass is 10.1. The molecular weight excluding hydrogens is 390 g/mol. The molecule has 1 aliphatic rings. The Kier molecular flexibility index (Phi) is 4.67. The van der Waals surface area contributed by atoms with Gasteiger partial charge in [0.15, 0.2) is 11.5 Å². The van der Waals surface area contributed by atoms with E-state index in [-0.39, 0.29) is 18.4 Å². The van der Waals surface area contributed by atoms with Gasteiger partial charge in [0.25, 0.3) is 11.8 Å². The fourth-order valence-electron chi connectivity index (χ4n) is 2.85. The number of carbonyl (C=O) groups is 2. The molecule has 2 amide bonds. The summed E-state index contributed by atoms with van der Waals surface area (Å²) in [5, 5.41) is 0. The summed E-state index contributed by atoms with van der Waals surface area (Å²) in [6.07, 6.45) is 0. The molecule has 1 aliphatic heterocycles. The van der Waals surface area contributed by atoms with E-state index < -0.39 is 0 Å². The van der Waals surface area contributed by atoms with E-state index in [4.69, 9.17) is 14.2 Å². The van der Waals surface area contributed by atoms with Crippen molar-refractivity contribution in [3.05, 3.63) is 51.5 Å². The first-order chi connectivity index (χ1) is 12.0. The Morgan fingerprint density at radius 1 is 1.04 bits per heavy atom. The number of hydrogen-bond acceptors (Lipinski definition) is 5. The van der Waals surface area contributed by atoms with Crippen molar-refractivity contribution in [2.24, 2.45) is 0 Å². The summed E-state index contributed by atoms with van der Waals surface area (Å²) in [6, 6.07) is 8.43. The zero-order valence-corrected chi connectivity index (χ0v) is 15.5. The summed E-state index contributed by atoms with van der Waals surface area (Å²) in [6.45, 7) is 0.118. The van der Waals surface area contributed by atoms with Gasteiger partial charge in [-0.15, -0.1) is 0 Å². The molecule has 0 aromatic heterocycles. The molecule has 7 heteroatoms. The van der Waals surface area contributed by atoms with Gasteiger partial charge in [-0.3, -0.25) is 14.5 Å². The summed E-state index contributed by atoms with van der Waals surface area (Å²) >= 11 is 3.33. The van der Waals surface area contributed by atoms with Gasteiger partial charge in [0.1, 0.15) is 0 Å². The number of nitrogens with zero attached hydrogens (tertiary/aromatic N) is 1. The number of fused-ring (bicyclic) bond motifs is 1. The van der Waals surface area contributed by atoms with Gasteiger partial charge < -0.3 is 14.2 Å². The minimum Gasteiger partial charge on any atom is -0.493 e. The molecule has 2 aromatic rings. The molecule has 0 saturated heterocycles. The van der Waals surface area contributed by atoms with Crippen LogP contribution in [0.2, 0.25) is 0 Å². The number of amides is 2. The van der Waals surface area contributed by atoms with E-state index >= 15 is 0 Å². The first-order valence-electron chi connectivity index (χ1n) is 7.45. The predicted molar refractivity (Wildman–Crippen MR) is 94.4 cm³/mol. The van der Waals surface area contributed by atoms with Crippen molar-refractivity contribution < 1.29 is 23.8 Å². The lowest BCUT2D eigenvalue weighted by Crippen LogP contribution is -2.31. The third kappa shape index (κ3) is 2.84. The highest BCUT2D eigenvalue weighted by Crippen LogP contribution is 2.45. The van der Waals surface area contributed by atoms with E-state index in [0.29, 0.717) is 33.9 Å². The van der Waals surface area contributed by atoms with E-state index in [1.807, 2.05) is 0 Å². The van der Waals surface area contributed by atoms with Crippen LogP contribution in [-0.2, 0) is 6.54 Å². The number of halogens is 1. The number of carbonyl (C=O) groups excluding carboxylic acids is 2. The van der Waals surface area contributed by atoms with Gasteiger partial charge in [0.05, 0.1) is 33.4 Å². The maximum atomic E-state index is 12.8. The SMILES string of the molecule is COc1cc2c(c(OC)c1OC)CN(C(=O)c1ccc(Br)cc1)C2=O. The maximum absolute atomic E-state index is 12.8. The van der Waals surface area contributed by atoms with Crippen LogP contribution in [0.15, 0.2) is 34.8 Å². The van der Waals surface area contributed by atoms with Gasteiger partial charge in [-0.25, -0.2) is 0 Å². The zero-order chi connectivity index (χ0) is 18.1. The first-order valence-corrected chi connectivity index (χ1v) is 8.24. The maximum Gasteiger partial charge on any atom is 0.261 e. The molecule has 6 nitrogen and oxygen atoms in total. The fraction of sp³-hybridized carbons (Fsp3) is 0.222. The lowest BCUT2D eigenvalue weighted by molar-refractivity contribution is 0.0630. The quantitative estimate of drug-likeness (QED) is 0.730. The Balaban J connectivity index is 2.03. The number of rotatable bonds is 4. The van der Waals surface area contributed by atoms with Crippen LogP contribution in [0.25, 0.3) is 0 Å². The molecule has 0 radical (unpaired) electrons. The van der Waals surface area contributed by atoms with Crippen LogP contribution in [0.4, 0.5) is 0 Å². The normalized spacial score (nSPS) is 12.8. The predicted octanol–water partition coefficient (Wildman–Crippen LogP) is 3.27. The van der Waals surface area contributed by atoms with Crippen molar-refractivity contribution in [3.63, 3.8) is 0 Å². The molecule has 0 aliphatic carbocycles. The number of ether oxygens (including phenoxy) is 3. The summed E-state index contributed by atoms with van der Waals surface area (Å²) in [4.78, 5) is 26.7. The molecule has 130 valence electrons. The molecule has 0 atom stereocenters. The van der Waals surface area contributed by atoms with Crippen LogP contribution >= 0.6 is 15.9 Å². The van der Waals surface area contributed by atoms with Crippen LogP contribution in [-0.4, -0.2) is 38.0 Å². The van der Waals surface area contributed by atoms with Crippen molar-refractivity contribution in [2.45, 2.75) is 6.54 Å². The molecule has 0 bridgehead atoms. The smallest absolute Gasteiger partial charge is 0.261 e. The topological polar surface area (TPSA) is 65.1 Å². The molecule has 1 heterocycles. The molecule has 2 aromatic carbocycles. The highest BCUT2D eigenvalue weighted by Gasteiger charge is 2.37. The average molecular weight is 406 g/mol. The second-order valence-electron chi connectivity index (χ2n) is 5.37. The Labute approximate surface area is 153 Å². The largest absolute Gasteiger partial charge is 0.493 e. The van der Waals surface area contributed by atoms with Crippen molar-refractivity contribution in [2.75, 3.05) is 21.3 Å². The number of imide groups is 1. The third-order valence-corrected chi connectivity index (χ3v) is 4.59. The van der Waals surface area contributed by atoms with Gasteiger partial charge in [-0.1, -0.05) is 15.9 Å². The van der Waals surface area contributed by atoms with Crippen molar-refractivity contribution in [1.82, 2.24) is 4.90 Å². The molecule has 0 saturated carbocycles. The fourth-order valence-corrected chi connectivity index (χ4v) is 3.12. The minimum absolute atomic E-state index is 0.118. The molecular formula is C18H16BrNO5. The second kappa shape index (κ2) is 6.76. The van der Waals surface area contributed by atoms with Gasteiger partial charge in [0, 0.05) is 15.6 Å². The Bertz CT molecular complexity index is 848.